The van der Waals surface area contributed by atoms with Gasteiger partial charge in [-0.3, -0.25) is 14.7 Å². The van der Waals surface area contributed by atoms with E-state index in [4.69, 9.17) is 4.98 Å². The number of aromatic nitrogens is 4. The number of pyridine rings is 1. The van der Waals surface area contributed by atoms with Crippen LogP contribution in [0, 0.1) is 0 Å². The summed E-state index contributed by atoms with van der Waals surface area (Å²) in [5.41, 5.74) is 2.37. The van der Waals surface area contributed by atoms with Gasteiger partial charge in [0, 0.05) is 23.5 Å². The number of aromatic amines is 1. The van der Waals surface area contributed by atoms with E-state index in [1.54, 1.807) is 24.4 Å². The van der Waals surface area contributed by atoms with Gasteiger partial charge in [0.15, 0.2) is 5.65 Å². The summed E-state index contributed by atoms with van der Waals surface area (Å²) >= 11 is 0. The maximum absolute atomic E-state index is 13.1. The van der Waals surface area contributed by atoms with Crippen molar-refractivity contribution in [1.29, 1.82) is 0 Å². The lowest BCUT2D eigenvalue weighted by atomic mass is 9.98. The molecule has 0 atom stereocenters. The quantitative estimate of drug-likeness (QED) is 0.573. The van der Waals surface area contributed by atoms with Crippen molar-refractivity contribution in [2.45, 2.75) is 19.8 Å². The van der Waals surface area contributed by atoms with Crippen molar-refractivity contribution in [3.8, 4) is 11.3 Å². The molecular formula is C21H19N5O2. The van der Waals surface area contributed by atoms with Crippen LogP contribution in [0.15, 0.2) is 65.7 Å². The fourth-order valence-electron chi connectivity index (χ4n) is 3.15. The lowest BCUT2D eigenvalue weighted by molar-refractivity contribution is 0.102. The predicted octanol–water partition coefficient (Wildman–Crippen LogP) is 3.46. The maximum atomic E-state index is 13.1. The summed E-state index contributed by atoms with van der Waals surface area (Å²) in [6.45, 7) is 3.91. The van der Waals surface area contributed by atoms with Crippen LogP contribution < -0.4 is 10.9 Å². The van der Waals surface area contributed by atoms with Gasteiger partial charge in [0.2, 0.25) is 0 Å². The van der Waals surface area contributed by atoms with Crippen LogP contribution in [-0.4, -0.2) is 25.5 Å². The first-order valence-corrected chi connectivity index (χ1v) is 8.98. The summed E-state index contributed by atoms with van der Waals surface area (Å²) in [4.78, 5) is 34.6. The molecule has 0 fully saturated rings. The summed E-state index contributed by atoms with van der Waals surface area (Å²) in [5, 5.41) is 5.58. The first-order valence-electron chi connectivity index (χ1n) is 8.98. The minimum Gasteiger partial charge on any atom is -0.306 e. The van der Waals surface area contributed by atoms with Crippen LogP contribution in [0.25, 0.3) is 16.9 Å². The Morgan fingerprint density at radius 1 is 1.11 bits per heavy atom. The van der Waals surface area contributed by atoms with Crippen LogP contribution in [-0.2, 0) is 0 Å². The molecule has 0 unspecified atom stereocenters. The monoisotopic (exact) mass is 373 g/mol. The molecule has 0 bridgehead atoms. The zero-order valence-corrected chi connectivity index (χ0v) is 15.5. The highest BCUT2D eigenvalue weighted by molar-refractivity contribution is 6.07. The van der Waals surface area contributed by atoms with E-state index in [2.05, 4.69) is 15.4 Å². The molecule has 0 aliphatic rings. The van der Waals surface area contributed by atoms with E-state index in [0.29, 0.717) is 17.1 Å². The molecule has 4 aromatic rings. The Hall–Kier alpha value is -3.74. The standard InChI is InChI=1S/C21H19N5O2/c1-13(2)17-18(14-8-4-3-5-9-14)25-19-15(12-23-26(19)21(17)28)20(27)24-16-10-6-7-11-22-16/h3-13,23H,1-2H3,(H,22,24,27). The second kappa shape index (κ2) is 7.11. The third-order valence-electron chi connectivity index (χ3n) is 4.47. The summed E-state index contributed by atoms with van der Waals surface area (Å²) in [5.74, 6) is 0.0122. The molecule has 0 aliphatic heterocycles. The number of carbonyl (C=O) groups is 1. The van der Waals surface area contributed by atoms with E-state index in [-0.39, 0.29) is 28.6 Å². The molecular weight excluding hydrogens is 354 g/mol. The molecule has 3 heterocycles. The van der Waals surface area contributed by atoms with Crippen LogP contribution in [0.4, 0.5) is 5.82 Å². The van der Waals surface area contributed by atoms with Gasteiger partial charge in [0.1, 0.15) is 11.4 Å². The van der Waals surface area contributed by atoms with Crippen molar-refractivity contribution < 1.29 is 4.79 Å². The van der Waals surface area contributed by atoms with Crippen molar-refractivity contribution in [3.63, 3.8) is 0 Å². The molecule has 3 aromatic heterocycles. The van der Waals surface area contributed by atoms with E-state index < -0.39 is 0 Å². The SMILES string of the molecule is CC(C)c1c(-c2ccccc2)nc2c(C(=O)Nc3ccccn3)c[nH]n2c1=O. The summed E-state index contributed by atoms with van der Waals surface area (Å²) in [6.07, 6.45) is 3.08. The molecule has 0 spiro atoms. The summed E-state index contributed by atoms with van der Waals surface area (Å²) < 4.78 is 1.31. The summed E-state index contributed by atoms with van der Waals surface area (Å²) in [7, 11) is 0. The van der Waals surface area contributed by atoms with Gasteiger partial charge in [-0.25, -0.2) is 14.5 Å². The Balaban J connectivity index is 1.88. The second-order valence-electron chi connectivity index (χ2n) is 6.72. The van der Waals surface area contributed by atoms with Crippen LogP contribution in [0.3, 0.4) is 0 Å². The fraction of sp³-hybridized carbons (Fsp3) is 0.143. The Morgan fingerprint density at radius 3 is 2.54 bits per heavy atom. The van der Waals surface area contributed by atoms with Gasteiger partial charge in [-0.2, -0.15) is 0 Å². The number of rotatable bonds is 4. The Morgan fingerprint density at radius 2 is 1.86 bits per heavy atom. The number of carbonyl (C=O) groups excluding carboxylic acids is 1. The number of hydrogen-bond acceptors (Lipinski definition) is 4. The number of H-pyrrole nitrogens is 1. The molecule has 2 N–H and O–H groups in total. The van der Waals surface area contributed by atoms with E-state index in [1.807, 2.05) is 44.2 Å². The minimum atomic E-state index is -0.388. The third kappa shape index (κ3) is 3.07. The zero-order valence-electron chi connectivity index (χ0n) is 15.5. The van der Waals surface area contributed by atoms with E-state index in [9.17, 15) is 9.59 Å². The molecule has 7 nitrogen and oxygen atoms in total. The molecule has 1 aromatic carbocycles. The van der Waals surface area contributed by atoms with Crippen molar-refractivity contribution in [3.05, 3.63) is 82.4 Å². The molecule has 0 saturated heterocycles. The van der Waals surface area contributed by atoms with Gasteiger partial charge >= 0.3 is 0 Å². The molecule has 4 rings (SSSR count). The highest BCUT2D eigenvalue weighted by Gasteiger charge is 2.22. The highest BCUT2D eigenvalue weighted by atomic mass is 16.2. The smallest absolute Gasteiger partial charge is 0.276 e. The largest absolute Gasteiger partial charge is 0.306 e. The van der Waals surface area contributed by atoms with Crippen LogP contribution in [0.1, 0.15) is 35.7 Å². The van der Waals surface area contributed by atoms with Gasteiger partial charge in [0.05, 0.1) is 5.69 Å². The van der Waals surface area contributed by atoms with Crippen molar-refractivity contribution in [1.82, 2.24) is 19.6 Å². The van der Waals surface area contributed by atoms with Gasteiger partial charge in [-0.05, 0) is 18.1 Å². The van der Waals surface area contributed by atoms with E-state index >= 15 is 0 Å². The van der Waals surface area contributed by atoms with Crippen LogP contribution in [0.2, 0.25) is 0 Å². The molecule has 28 heavy (non-hydrogen) atoms. The number of fused-ring (bicyclic) bond motifs is 1. The van der Waals surface area contributed by atoms with Gasteiger partial charge < -0.3 is 5.32 Å². The molecule has 0 radical (unpaired) electrons. The fourth-order valence-corrected chi connectivity index (χ4v) is 3.15. The number of amides is 1. The lowest BCUT2D eigenvalue weighted by Crippen LogP contribution is -2.23. The van der Waals surface area contributed by atoms with Gasteiger partial charge in [-0.15, -0.1) is 0 Å². The predicted molar refractivity (Wildman–Crippen MR) is 108 cm³/mol. The number of hydrogen-bond donors (Lipinski definition) is 2. The van der Waals surface area contributed by atoms with E-state index in [1.165, 1.54) is 10.7 Å². The summed E-state index contributed by atoms with van der Waals surface area (Å²) in [6, 6.07) is 14.8. The number of benzene rings is 1. The Bertz CT molecular complexity index is 1190. The number of anilines is 1. The average Bonchev–Trinajstić information content (AvgIpc) is 3.13. The molecule has 7 heteroatoms. The Kier molecular flexibility index (Phi) is 4.49. The topological polar surface area (TPSA) is 92.2 Å². The number of nitrogens with zero attached hydrogens (tertiary/aromatic N) is 3. The Labute approximate surface area is 161 Å². The van der Waals surface area contributed by atoms with Crippen LogP contribution in [0.5, 0.6) is 0 Å². The van der Waals surface area contributed by atoms with Crippen molar-refractivity contribution in [2.24, 2.45) is 0 Å². The lowest BCUT2D eigenvalue weighted by Gasteiger charge is -2.12. The average molecular weight is 373 g/mol. The van der Waals surface area contributed by atoms with E-state index in [0.717, 1.165) is 5.56 Å². The minimum absolute atomic E-state index is 0.0267. The molecule has 0 aliphatic carbocycles. The second-order valence-corrected chi connectivity index (χ2v) is 6.72. The van der Waals surface area contributed by atoms with Crippen molar-refractivity contribution >= 4 is 17.4 Å². The first-order chi connectivity index (χ1) is 13.6. The molecule has 140 valence electrons. The molecule has 1 amide bonds. The first kappa shape index (κ1) is 17.7. The van der Waals surface area contributed by atoms with Gasteiger partial charge in [-0.1, -0.05) is 50.2 Å². The van der Waals surface area contributed by atoms with Crippen LogP contribution >= 0.6 is 0 Å². The normalized spacial score (nSPS) is 11.1. The highest BCUT2D eigenvalue weighted by Crippen LogP contribution is 2.26. The molecule has 0 saturated carbocycles. The zero-order chi connectivity index (χ0) is 19.7. The number of nitrogens with one attached hydrogen (secondary N) is 2. The maximum Gasteiger partial charge on any atom is 0.276 e. The van der Waals surface area contributed by atoms with Crippen molar-refractivity contribution in [2.75, 3.05) is 5.32 Å². The third-order valence-corrected chi connectivity index (χ3v) is 4.47. The van der Waals surface area contributed by atoms with Gasteiger partial charge in [0.25, 0.3) is 11.5 Å².